The predicted molar refractivity (Wildman–Crippen MR) is 70.5 cm³/mol. The Balaban J connectivity index is 1.89. The number of hydrogen-bond acceptors (Lipinski definition) is 3. The number of hydrogen-bond donors (Lipinski definition) is 2. The van der Waals surface area contributed by atoms with Crippen molar-refractivity contribution < 1.29 is 17.9 Å². The lowest BCUT2D eigenvalue weighted by atomic mass is 9.92. The van der Waals surface area contributed by atoms with Crippen LogP contribution in [0.4, 0.5) is 13.2 Å². The lowest BCUT2D eigenvalue weighted by Gasteiger charge is -2.21. The molecule has 3 nitrogen and oxygen atoms in total. The maximum atomic E-state index is 12.4. The van der Waals surface area contributed by atoms with Gasteiger partial charge in [0.05, 0.1) is 12.2 Å². The average Bonchev–Trinajstić information content (AvgIpc) is 2.93. The Bertz CT molecular complexity index is 413. The Labute approximate surface area is 116 Å². The largest absolute Gasteiger partial charge is 0.493 e. The molecule has 2 unspecified atom stereocenters. The van der Waals surface area contributed by atoms with Crippen molar-refractivity contribution in [2.75, 3.05) is 26.2 Å². The monoisotopic (exact) mass is 288 g/mol. The van der Waals surface area contributed by atoms with E-state index in [1.54, 1.807) is 0 Å². The number of nitrogens with one attached hydrogen (secondary N) is 1. The van der Waals surface area contributed by atoms with Crippen LogP contribution in [-0.2, 0) is 6.18 Å². The van der Waals surface area contributed by atoms with Crippen LogP contribution in [0.3, 0.4) is 0 Å². The molecule has 1 aromatic rings. The van der Waals surface area contributed by atoms with Crippen molar-refractivity contribution >= 4 is 0 Å². The molecule has 0 spiro atoms. The van der Waals surface area contributed by atoms with Crippen LogP contribution in [0.1, 0.15) is 12.0 Å². The van der Waals surface area contributed by atoms with Crippen molar-refractivity contribution in [3.63, 3.8) is 0 Å². The summed E-state index contributed by atoms with van der Waals surface area (Å²) in [7, 11) is 0. The SMILES string of the molecule is NCC(COc1ccc(C(F)(F)F)cc1)C1CCNC1. The molecular formula is C14H19F3N2O. The Hall–Kier alpha value is -1.27. The highest BCUT2D eigenvalue weighted by Gasteiger charge is 2.30. The molecule has 3 N–H and O–H groups in total. The van der Waals surface area contributed by atoms with Gasteiger partial charge in [0.15, 0.2) is 0 Å². The molecule has 0 bridgehead atoms. The van der Waals surface area contributed by atoms with Gasteiger partial charge in [-0.3, -0.25) is 0 Å². The normalized spacial score (nSPS) is 20.9. The van der Waals surface area contributed by atoms with Gasteiger partial charge in [0.2, 0.25) is 0 Å². The van der Waals surface area contributed by atoms with E-state index in [4.69, 9.17) is 10.5 Å². The number of halogens is 3. The van der Waals surface area contributed by atoms with Crippen LogP contribution in [0, 0.1) is 11.8 Å². The third kappa shape index (κ3) is 3.86. The molecular weight excluding hydrogens is 269 g/mol. The Morgan fingerprint density at radius 3 is 2.50 bits per heavy atom. The highest BCUT2D eigenvalue weighted by atomic mass is 19.4. The molecule has 1 aliphatic heterocycles. The number of rotatable bonds is 5. The zero-order valence-electron chi connectivity index (χ0n) is 11.1. The minimum absolute atomic E-state index is 0.229. The molecule has 112 valence electrons. The van der Waals surface area contributed by atoms with E-state index >= 15 is 0 Å². The van der Waals surface area contributed by atoms with Gasteiger partial charge < -0.3 is 15.8 Å². The van der Waals surface area contributed by atoms with Crippen molar-refractivity contribution in [3.8, 4) is 5.75 Å². The molecule has 2 atom stereocenters. The second-order valence-electron chi connectivity index (χ2n) is 5.08. The van der Waals surface area contributed by atoms with Gasteiger partial charge in [-0.05, 0) is 56.2 Å². The van der Waals surface area contributed by atoms with Crippen molar-refractivity contribution in [2.24, 2.45) is 17.6 Å². The lowest BCUT2D eigenvalue weighted by Crippen LogP contribution is -2.30. The number of ether oxygens (including phenoxy) is 1. The van der Waals surface area contributed by atoms with Crippen molar-refractivity contribution in [1.82, 2.24) is 5.32 Å². The molecule has 0 aliphatic carbocycles. The van der Waals surface area contributed by atoms with Gasteiger partial charge in [-0.15, -0.1) is 0 Å². The van der Waals surface area contributed by atoms with E-state index in [0.29, 0.717) is 24.8 Å². The van der Waals surface area contributed by atoms with E-state index in [1.165, 1.54) is 12.1 Å². The molecule has 0 aromatic heterocycles. The highest BCUT2D eigenvalue weighted by molar-refractivity contribution is 5.28. The van der Waals surface area contributed by atoms with Crippen LogP contribution < -0.4 is 15.8 Å². The van der Waals surface area contributed by atoms with Gasteiger partial charge in [0.25, 0.3) is 0 Å². The van der Waals surface area contributed by atoms with Crippen molar-refractivity contribution in [3.05, 3.63) is 29.8 Å². The first-order valence-corrected chi connectivity index (χ1v) is 6.71. The molecule has 2 rings (SSSR count). The second-order valence-corrected chi connectivity index (χ2v) is 5.08. The summed E-state index contributed by atoms with van der Waals surface area (Å²) in [6.45, 7) is 2.88. The number of nitrogens with two attached hydrogens (primary N) is 1. The zero-order chi connectivity index (χ0) is 14.6. The summed E-state index contributed by atoms with van der Waals surface area (Å²) in [6, 6.07) is 4.76. The van der Waals surface area contributed by atoms with Gasteiger partial charge in [0, 0.05) is 5.92 Å². The van der Waals surface area contributed by atoms with Gasteiger partial charge in [0.1, 0.15) is 5.75 Å². The third-order valence-electron chi connectivity index (χ3n) is 3.71. The maximum absolute atomic E-state index is 12.4. The zero-order valence-corrected chi connectivity index (χ0v) is 11.1. The minimum atomic E-state index is -4.31. The standard InChI is InChI=1S/C14H19F3N2O/c15-14(16,17)12-1-3-13(4-2-12)20-9-11(7-18)10-5-6-19-8-10/h1-4,10-11,19H,5-9,18H2. The summed E-state index contributed by atoms with van der Waals surface area (Å²) in [5.74, 6) is 1.16. The van der Waals surface area contributed by atoms with Crippen LogP contribution in [0.2, 0.25) is 0 Å². The Morgan fingerprint density at radius 2 is 2.00 bits per heavy atom. The predicted octanol–water partition coefficient (Wildman–Crippen LogP) is 2.27. The summed E-state index contributed by atoms with van der Waals surface area (Å²) < 4.78 is 42.8. The van der Waals surface area contributed by atoms with Crippen LogP contribution in [0.5, 0.6) is 5.75 Å². The van der Waals surface area contributed by atoms with Crippen molar-refractivity contribution in [2.45, 2.75) is 12.6 Å². The fraction of sp³-hybridized carbons (Fsp3) is 0.571. The fourth-order valence-corrected chi connectivity index (χ4v) is 2.42. The van der Waals surface area contributed by atoms with E-state index in [0.717, 1.165) is 31.6 Å². The summed E-state index contributed by atoms with van der Waals surface area (Å²) in [6.07, 6.45) is -3.24. The maximum Gasteiger partial charge on any atom is 0.416 e. The molecule has 6 heteroatoms. The van der Waals surface area contributed by atoms with E-state index in [2.05, 4.69) is 5.32 Å². The topological polar surface area (TPSA) is 47.3 Å². The van der Waals surface area contributed by atoms with Gasteiger partial charge in [-0.25, -0.2) is 0 Å². The average molecular weight is 288 g/mol. The number of benzene rings is 1. The Morgan fingerprint density at radius 1 is 1.30 bits per heavy atom. The van der Waals surface area contributed by atoms with Crippen LogP contribution in [-0.4, -0.2) is 26.2 Å². The minimum Gasteiger partial charge on any atom is -0.493 e. The second kappa shape index (κ2) is 6.45. The molecule has 1 aliphatic rings. The van der Waals surface area contributed by atoms with Crippen LogP contribution in [0.25, 0.3) is 0 Å². The first-order valence-electron chi connectivity index (χ1n) is 6.71. The summed E-state index contributed by atoms with van der Waals surface area (Å²) in [5.41, 5.74) is 5.07. The van der Waals surface area contributed by atoms with E-state index in [1.807, 2.05) is 0 Å². The van der Waals surface area contributed by atoms with Gasteiger partial charge >= 0.3 is 6.18 Å². The fourth-order valence-electron chi connectivity index (χ4n) is 2.42. The van der Waals surface area contributed by atoms with Crippen LogP contribution in [0.15, 0.2) is 24.3 Å². The summed E-state index contributed by atoms with van der Waals surface area (Å²) >= 11 is 0. The molecule has 0 radical (unpaired) electrons. The molecule has 1 aromatic carbocycles. The van der Waals surface area contributed by atoms with Crippen molar-refractivity contribution in [1.29, 1.82) is 0 Å². The Kier molecular flexibility index (Phi) is 4.88. The number of alkyl halides is 3. The molecule has 20 heavy (non-hydrogen) atoms. The molecule has 0 amide bonds. The third-order valence-corrected chi connectivity index (χ3v) is 3.71. The first-order chi connectivity index (χ1) is 9.50. The lowest BCUT2D eigenvalue weighted by molar-refractivity contribution is -0.137. The van der Waals surface area contributed by atoms with Gasteiger partial charge in [-0.2, -0.15) is 13.2 Å². The molecule has 1 saturated heterocycles. The highest BCUT2D eigenvalue weighted by Crippen LogP contribution is 2.30. The van der Waals surface area contributed by atoms with E-state index < -0.39 is 11.7 Å². The molecule has 1 fully saturated rings. The van der Waals surface area contributed by atoms with Crippen LogP contribution >= 0.6 is 0 Å². The smallest absolute Gasteiger partial charge is 0.416 e. The molecule has 0 saturated carbocycles. The van der Waals surface area contributed by atoms with Gasteiger partial charge in [-0.1, -0.05) is 0 Å². The molecule has 1 heterocycles. The first kappa shape index (κ1) is 15.1. The summed E-state index contributed by atoms with van der Waals surface area (Å²) in [4.78, 5) is 0. The summed E-state index contributed by atoms with van der Waals surface area (Å²) in [5, 5.41) is 3.27. The quantitative estimate of drug-likeness (QED) is 0.874. The van der Waals surface area contributed by atoms with E-state index in [-0.39, 0.29) is 5.92 Å². The van der Waals surface area contributed by atoms with E-state index in [9.17, 15) is 13.2 Å².